The quantitative estimate of drug-likeness (QED) is 0.835. The van der Waals surface area contributed by atoms with E-state index in [1.165, 1.54) is 25.3 Å². The number of carbonyl (C=O) groups is 2. The van der Waals surface area contributed by atoms with Gasteiger partial charge in [-0.2, -0.15) is 0 Å². The van der Waals surface area contributed by atoms with Crippen LogP contribution in [0.15, 0.2) is 36.4 Å². The monoisotopic (exact) mass is 355 g/mol. The Hall–Kier alpha value is -2.67. The van der Waals surface area contributed by atoms with E-state index in [1.54, 1.807) is 0 Å². The Bertz CT molecular complexity index is 762. The molecule has 0 fully saturated rings. The number of anilines is 1. The Morgan fingerprint density at radius 3 is 2.42 bits per heavy atom. The maximum atomic E-state index is 13.0. The molecular formula is C16H12ClF2NO4. The highest BCUT2D eigenvalue weighted by Gasteiger charge is 2.16. The lowest BCUT2D eigenvalue weighted by molar-refractivity contribution is -0.119. The fraction of sp³-hybridized carbons (Fsp3) is 0.125. The highest BCUT2D eigenvalue weighted by molar-refractivity contribution is 6.31. The summed E-state index contributed by atoms with van der Waals surface area (Å²) in [5.41, 5.74) is -0.0384. The Morgan fingerprint density at radius 1 is 1.12 bits per heavy atom. The fourth-order valence-electron chi connectivity index (χ4n) is 1.87. The highest BCUT2D eigenvalue weighted by Crippen LogP contribution is 2.23. The molecule has 0 atom stereocenters. The lowest BCUT2D eigenvalue weighted by Gasteiger charge is -2.09. The number of amides is 1. The predicted molar refractivity (Wildman–Crippen MR) is 83.3 cm³/mol. The molecule has 0 aliphatic heterocycles. The third-order valence-corrected chi connectivity index (χ3v) is 3.10. The van der Waals surface area contributed by atoms with Crippen LogP contribution in [0.25, 0.3) is 0 Å². The smallest absolute Gasteiger partial charge is 0.342 e. The van der Waals surface area contributed by atoms with E-state index in [1.807, 2.05) is 0 Å². The number of hydrogen-bond acceptors (Lipinski definition) is 4. The summed E-state index contributed by atoms with van der Waals surface area (Å²) < 4.78 is 35.9. The van der Waals surface area contributed by atoms with Crippen LogP contribution >= 0.6 is 11.6 Å². The van der Waals surface area contributed by atoms with Gasteiger partial charge in [-0.3, -0.25) is 4.79 Å². The summed E-state index contributed by atoms with van der Waals surface area (Å²) in [6.45, 7) is -0.646. The number of rotatable bonds is 5. The van der Waals surface area contributed by atoms with Crippen LogP contribution in [-0.2, 0) is 9.53 Å². The average Bonchev–Trinajstić information content (AvgIpc) is 2.51. The number of halogens is 3. The molecule has 2 aromatic carbocycles. The van der Waals surface area contributed by atoms with Gasteiger partial charge in [-0.1, -0.05) is 11.6 Å². The van der Waals surface area contributed by atoms with Crippen molar-refractivity contribution in [1.29, 1.82) is 0 Å². The Kier molecular flexibility index (Phi) is 5.70. The molecule has 0 aliphatic rings. The van der Waals surface area contributed by atoms with E-state index < -0.39 is 30.1 Å². The van der Waals surface area contributed by atoms with Gasteiger partial charge in [-0.25, -0.2) is 13.6 Å². The third kappa shape index (κ3) is 4.66. The van der Waals surface area contributed by atoms with Gasteiger partial charge in [0.05, 0.1) is 7.11 Å². The Labute approximate surface area is 141 Å². The third-order valence-electron chi connectivity index (χ3n) is 2.86. The summed E-state index contributed by atoms with van der Waals surface area (Å²) in [6, 6.07) is 6.88. The minimum atomic E-state index is -0.842. The van der Waals surface area contributed by atoms with Crippen LogP contribution < -0.4 is 10.1 Å². The summed E-state index contributed by atoms with van der Waals surface area (Å²) >= 11 is 5.80. The van der Waals surface area contributed by atoms with Crippen molar-refractivity contribution in [2.24, 2.45) is 0 Å². The zero-order valence-corrected chi connectivity index (χ0v) is 13.2. The molecule has 0 unspecified atom stereocenters. The van der Waals surface area contributed by atoms with Crippen LogP contribution in [0.3, 0.4) is 0 Å². The topological polar surface area (TPSA) is 64.6 Å². The second-order valence-electron chi connectivity index (χ2n) is 4.63. The van der Waals surface area contributed by atoms with E-state index in [9.17, 15) is 18.4 Å². The maximum Gasteiger partial charge on any atom is 0.342 e. The molecule has 0 aromatic heterocycles. The molecule has 0 spiro atoms. The van der Waals surface area contributed by atoms with E-state index >= 15 is 0 Å². The van der Waals surface area contributed by atoms with Crippen molar-refractivity contribution >= 4 is 29.2 Å². The number of benzene rings is 2. The van der Waals surface area contributed by atoms with Crippen LogP contribution in [-0.4, -0.2) is 25.6 Å². The first kappa shape index (κ1) is 17.7. The second kappa shape index (κ2) is 7.74. The Balaban J connectivity index is 1.98. The van der Waals surface area contributed by atoms with Crippen LogP contribution in [0, 0.1) is 11.6 Å². The van der Waals surface area contributed by atoms with Crippen molar-refractivity contribution in [3.05, 3.63) is 58.6 Å². The van der Waals surface area contributed by atoms with Crippen LogP contribution in [0.1, 0.15) is 10.4 Å². The Morgan fingerprint density at radius 2 is 1.79 bits per heavy atom. The lowest BCUT2D eigenvalue weighted by Crippen LogP contribution is -2.21. The zero-order valence-electron chi connectivity index (χ0n) is 12.4. The molecule has 0 radical (unpaired) electrons. The molecule has 5 nitrogen and oxygen atoms in total. The van der Waals surface area contributed by atoms with Crippen LogP contribution in [0.2, 0.25) is 5.02 Å². The largest absolute Gasteiger partial charge is 0.496 e. The number of esters is 1. The molecule has 0 aliphatic carbocycles. The minimum absolute atomic E-state index is 0.0506. The molecule has 2 aromatic rings. The normalized spacial score (nSPS) is 10.2. The first-order valence-corrected chi connectivity index (χ1v) is 7.03. The van der Waals surface area contributed by atoms with Crippen molar-refractivity contribution in [1.82, 2.24) is 0 Å². The van der Waals surface area contributed by atoms with Gasteiger partial charge < -0.3 is 14.8 Å². The molecule has 0 saturated carbocycles. The van der Waals surface area contributed by atoms with Gasteiger partial charge in [0.15, 0.2) is 6.61 Å². The maximum absolute atomic E-state index is 13.0. The molecular weight excluding hydrogens is 344 g/mol. The van der Waals surface area contributed by atoms with Gasteiger partial charge in [0.1, 0.15) is 22.9 Å². The predicted octanol–water partition coefficient (Wildman–Crippen LogP) is 3.42. The summed E-state index contributed by atoms with van der Waals surface area (Å²) in [5, 5.41) is 2.51. The van der Waals surface area contributed by atoms with E-state index in [4.69, 9.17) is 21.1 Å². The van der Waals surface area contributed by atoms with Gasteiger partial charge in [-0.15, -0.1) is 0 Å². The fourth-order valence-corrected chi connectivity index (χ4v) is 2.04. The van der Waals surface area contributed by atoms with Gasteiger partial charge >= 0.3 is 5.97 Å². The summed E-state index contributed by atoms with van der Waals surface area (Å²) in [6.07, 6.45) is 0. The van der Waals surface area contributed by atoms with Crippen molar-refractivity contribution < 1.29 is 27.8 Å². The van der Waals surface area contributed by atoms with Crippen molar-refractivity contribution in [3.8, 4) is 5.75 Å². The zero-order chi connectivity index (χ0) is 17.7. The average molecular weight is 356 g/mol. The van der Waals surface area contributed by atoms with Gasteiger partial charge in [-0.05, 0) is 30.3 Å². The van der Waals surface area contributed by atoms with Crippen LogP contribution in [0.5, 0.6) is 5.75 Å². The lowest BCUT2D eigenvalue weighted by atomic mass is 10.2. The summed E-state index contributed by atoms with van der Waals surface area (Å²) in [4.78, 5) is 23.7. The van der Waals surface area contributed by atoms with Crippen molar-refractivity contribution in [2.45, 2.75) is 0 Å². The molecule has 2 rings (SSSR count). The number of hydrogen-bond donors (Lipinski definition) is 1. The highest BCUT2D eigenvalue weighted by atomic mass is 35.5. The molecule has 1 amide bonds. The number of carbonyl (C=O) groups excluding carboxylic acids is 2. The summed E-state index contributed by atoms with van der Waals surface area (Å²) in [5.74, 6) is -3.03. The van der Waals surface area contributed by atoms with Crippen LogP contribution in [0.4, 0.5) is 14.5 Å². The minimum Gasteiger partial charge on any atom is -0.496 e. The molecule has 1 N–H and O–H groups in total. The summed E-state index contributed by atoms with van der Waals surface area (Å²) in [7, 11) is 1.37. The SMILES string of the molecule is COc1ccc(Cl)cc1C(=O)OCC(=O)Nc1cc(F)cc(F)c1. The van der Waals surface area contributed by atoms with Crippen molar-refractivity contribution in [2.75, 3.05) is 19.0 Å². The van der Waals surface area contributed by atoms with Gasteiger partial charge in [0.25, 0.3) is 5.91 Å². The molecule has 8 heteroatoms. The van der Waals surface area contributed by atoms with Crippen molar-refractivity contribution in [3.63, 3.8) is 0 Å². The number of ether oxygens (including phenoxy) is 2. The standard InChI is InChI=1S/C16H12ClF2NO4/c1-23-14-3-2-9(17)4-13(14)16(22)24-8-15(21)20-12-6-10(18)5-11(19)7-12/h2-7H,8H2,1H3,(H,20,21). The van der Waals surface area contributed by atoms with E-state index in [2.05, 4.69) is 5.32 Å². The molecule has 0 bridgehead atoms. The van der Waals surface area contributed by atoms with E-state index in [0.29, 0.717) is 11.1 Å². The molecule has 0 heterocycles. The first-order valence-electron chi connectivity index (χ1n) is 6.65. The molecule has 126 valence electrons. The van der Waals surface area contributed by atoms with E-state index in [-0.39, 0.29) is 17.0 Å². The van der Waals surface area contributed by atoms with E-state index in [0.717, 1.165) is 12.1 Å². The number of nitrogens with one attached hydrogen (secondary N) is 1. The van der Waals surface area contributed by atoms with Gasteiger partial charge in [0.2, 0.25) is 0 Å². The number of methoxy groups -OCH3 is 1. The molecule has 0 saturated heterocycles. The second-order valence-corrected chi connectivity index (χ2v) is 5.06. The first-order chi connectivity index (χ1) is 11.4. The van der Waals surface area contributed by atoms with Gasteiger partial charge in [0, 0.05) is 16.8 Å². The molecule has 24 heavy (non-hydrogen) atoms.